The van der Waals surface area contributed by atoms with Crippen molar-refractivity contribution in [2.24, 2.45) is 0 Å². The van der Waals surface area contributed by atoms with Gasteiger partial charge in [0.15, 0.2) is 0 Å². The predicted molar refractivity (Wildman–Crippen MR) is 108 cm³/mol. The molecule has 0 spiro atoms. The average molecular weight is 388 g/mol. The SMILES string of the molecule is COc1nc2c(c(-c3ccc(F)cc3)c1C#N)CCC/C2=C/c1ccc(F)cc1. The van der Waals surface area contributed by atoms with Crippen molar-refractivity contribution in [3.8, 4) is 23.1 Å². The molecule has 1 aromatic heterocycles. The van der Waals surface area contributed by atoms with Crippen molar-refractivity contribution in [2.45, 2.75) is 19.3 Å². The Morgan fingerprint density at radius 2 is 1.66 bits per heavy atom. The molecule has 0 aliphatic heterocycles. The molecular weight excluding hydrogens is 370 g/mol. The van der Waals surface area contributed by atoms with E-state index >= 15 is 0 Å². The third-order valence-electron chi connectivity index (χ3n) is 5.09. The molecule has 3 nitrogen and oxygen atoms in total. The highest BCUT2D eigenvalue weighted by Crippen LogP contribution is 2.41. The van der Waals surface area contributed by atoms with Gasteiger partial charge in [-0.3, -0.25) is 0 Å². The van der Waals surface area contributed by atoms with Gasteiger partial charge in [-0.05, 0) is 71.9 Å². The zero-order chi connectivity index (χ0) is 20.4. The van der Waals surface area contributed by atoms with Gasteiger partial charge in [-0.25, -0.2) is 13.8 Å². The van der Waals surface area contributed by atoms with Crippen molar-refractivity contribution in [3.63, 3.8) is 0 Å². The second-order valence-electron chi connectivity index (χ2n) is 6.89. The van der Waals surface area contributed by atoms with Gasteiger partial charge in [0, 0.05) is 5.56 Å². The molecule has 0 saturated carbocycles. The number of nitrogens with zero attached hydrogens (tertiary/aromatic N) is 2. The fourth-order valence-electron chi connectivity index (χ4n) is 3.77. The second-order valence-corrected chi connectivity index (χ2v) is 6.89. The molecule has 0 unspecified atom stereocenters. The molecule has 0 amide bonds. The maximum absolute atomic E-state index is 13.5. The molecule has 5 heteroatoms. The van der Waals surface area contributed by atoms with Gasteiger partial charge >= 0.3 is 0 Å². The zero-order valence-electron chi connectivity index (χ0n) is 15.9. The Morgan fingerprint density at radius 1 is 1.00 bits per heavy atom. The molecule has 1 aliphatic rings. The summed E-state index contributed by atoms with van der Waals surface area (Å²) >= 11 is 0. The molecule has 0 radical (unpaired) electrons. The van der Waals surface area contributed by atoms with Crippen LogP contribution in [0.2, 0.25) is 0 Å². The van der Waals surface area contributed by atoms with E-state index in [1.54, 1.807) is 24.3 Å². The van der Waals surface area contributed by atoms with Gasteiger partial charge in [0.05, 0.1) is 12.8 Å². The fourth-order valence-corrected chi connectivity index (χ4v) is 3.77. The Balaban J connectivity index is 1.95. The van der Waals surface area contributed by atoms with Crippen LogP contribution in [0, 0.1) is 23.0 Å². The number of nitriles is 1. The summed E-state index contributed by atoms with van der Waals surface area (Å²) in [5.41, 5.74) is 5.44. The van der Waals surface area contributed by atoms with Gasteiger partial charge in [-0.1, -0.05) is 24.3 Å². The van der Waals surface area contributed by atoms with Crippen LogP contribution in [0.15, 0.2) is 48.5 Å². The number of benzene rings is 2. The summed E-state index contributed by atoms with van der Waals surface area (Å²) < 4.78 is 32.1. The smallest absolute Gasteiger partial charge is 0.232 e. The summed E-state index contributed by atoms with van der Waals surface area (Å²) in [5, 5.41) is 9.78. The van der Waals surface area contributed by atoms with Crippen LogP contribution >= 0.6 is 0 Å². The Hall–Kier alpha value is -3.52. The van der Waals surface area contributed by atoms with E-state index in [4.69, 9.17) is 4.74 Å². The van der Waals surface area contributed by atoms with Crippen LogP contribution in [-0.4, -0.2) is 12.1 Å². The summed E-state index contributed by atoms with van der Waals surface area (Å²) in [6, 6.07) is 14.6. The van der Waals surface area contributed by atoms with Crippen LogP contribution in [0.1, 0.15) is 35.2 Å². The van der Waals surface area contributed by atoms with Crippen molar-refractivity contribution in [2.75, 3.05) is 7.11 Å². The summed E-state index contributed by atoms with van der Waals surface area (Å²) in [5.74, 6) is -0.371. The first-order valence-corrected chi connectivity index (χ1v) is 9.34. The van der Waals surface area contributed by atoms with Gasteiger partial charge in [-0.15, -0.1) is 0 Å². The highest BCUT2D eigenvalue weighted by molar-refractivity contribution is 5.87. The maximum Gasteiger partial charge on any atom is 0.232 e. The number of fused-ring (bicyclic) bond motifs is 1. The molecule has 0 saturated heterocycles. The standard InChI is InChI=1S/C24H18F2N2O/c1-29-24-21(14-27)22(16-7-11-19(26)12-8-16)20-4-2-3-17(23(20)28-24)13-15-5-9-18(25)10-6-15/h5-13H,2-4H2,1H3/b17-13-. The fraction of sp³-hybridized carbons (Fsp3) is 0.167. The zero-order valence-corrected chi connectivity index (χ0v) is 15.9. The van der Waals surface area contributed by atoms with Crippen molar-refractivity contribution in [3.05, 3.63) is 82.5 Å². The van der Waals surface area contributed by atoms with Crippen LogP contribution in [-0.2, 0) is 6.42 Å². The molecule has 0 fully saturated rings. The lowest BCUT2D eigenvalue weighted by molar-refractivity contribution is 0.395. The summed E-state index contributed by atoms with van der Waals surface area (Å²) in [4.78, 5) is 4.64. The number of halogens is 2. The van der Waals surface area contributed by atoms with E-state index in [0.29, 0.717) is 5.56 Å². The lowest BCUT2D eigenvalue weighted by Crippen LogP contribution is -2.10. The molecule has 0 atom stereocenters. The third-order valence-corrected chi connectivity index (χ3v) is 5.09. The quantitative estimate of drug-likeness (QED) is 0.571. The van der Waals surface area contributed by atoms with E-state index in [1.807, 2.05) is 6.08 Å². The minimum atomic E-state index is -0.334. The van der Waals surface area contributed by atoms with Crippen molar-refractivity contribution in [1.82, 2.24) is 4.98 Å². The second kappa shape index (κ2) is 7.84. The molecule has 4 rings (SSSR count). The number of hydrogen-bond donors (Lipinski definition) is 0. The van der Waals surface area contributed by atoms with Gasteiger partial charge in [0.25, 0.3) is 0 Å². The molecule has 0 N–H and O–H groups in total. The topological polar surface area (TPSA) is 45.9 Å². The van der Waals surface area contributed by atoms with E-state index in [0.717, 1.165) is 52.8 Å². The van der Waals surface area contributed by atoms with Gasteiger partial charge in [0.2, 0.25) is 5.88 Å². The molecule has 144 valence electrons. The van der Waals surface area contributed by atoms with Crippen molar-refractivity contribution < 1.29 is 13.5 Å². The first-order chi connectivity index (χ1) is 14.1. The van der Waals surface area contributed by atoms with E-state index < -0.39 is 0 Å². The first kappa shape index (κ1) is 18.8. The van der Waals surface area contributed by atoms with E-state index in [-0.39, 0.29) is 17.5 Å². The van der Waals surface area contributed by atoms with E-state index in [2.05, 4.69) is 11.1 Å². The Morgan fingerprint density at radius 3 is 2.28 bits per heavy atom. The Labute approximate surface area is 167 Å². The number of methoxy groups -OCH3 is 1. The number of rotatable bonds is 3. The van der Waals surface area contributed by atoms with Crippen molar-refractivity contribution >= 4 is 11.6 Å². The lowest BCUT2D eigenvalue weighted by atomic mass is 9.84. The van der Waals surface area contributed by atoms with E-state index in [1.165, 1.54) is 31.4 Å². The first-order valence-electron chi connectivity index (χ1n) is 9.34. The number of aromatic nitrogens is 1. The Bertz CT molecular complexity index is 1130. The summed E-state index contributed by atoms with van der Waals surface area (Å²) in [6.07, 6.45) is 4.46. The number of ether oxygens (including phenoxy) is 1. The number of hydrogen-bond acceptors (Lipinski definition) is 3. The third kappa shape index (κ3) is 3.62. The number of allylic oxidation sites excluding steroid dienone is 1. The monoisotopic (exact) mass is 388 g/mol. The van der Waals surface area contributed by atoms with Crippen LogP contribution in [0.4, 0.5) is 8.78 Å². The van der Waals surface area contributed by atoms with E-state index in [9.17, 15) is 14.0 Å². The highest BCUT2D eigenvalue weighted by atomic mass is 19.1. The number of pyridine rings is 1. The molecule has 3 aromatic rings. The highest BCUT2D eigenvalue weighted by Gasteiger charge is 2.26. The van der Waals surface area contributed by atoms with Crippen LogP contribution < -0.4 is 4.74 Å². The normalized spacial score (nSPS) is 14.3. The van der Waals surface area contributed by atoms with Crippen LogP contribution in [0.3, 0.4) is 0 Å². The average Bonchev–Trinajstić information content (AvgIpc) is 2.75. The molecular formula is C24H18F2N2O. The summed E-state index contributed by atoms with van der Waals surface area (Å²) in [7, 11) is 1.48. The maximum atomic E-state index is 13.5. The van der Waals surface area contributed by atoms with Crippen LogP contribution in [0.5, 0.6) is 5.88 Å². The minimum absolute atomic E-state index is 0.248. The van der Waals surface area contributed by atoms with Crippen LogP contribution in [0.25, 0.3) is 22.8 Å². The molecule has 1 aliphatic carbocycles. The predicted octanol–water partition coefficient (Wildman–Crippen LogP) is 5.78. The summed E-state index contributed by atoms with van der Waals surface area (Å²) in [6.45, 7) is 0. The molecule has 1 heterocycles. The largest absolute Gasteiger partial charge is 0.480 e. The molecule has 29 heavy (non-hydrogen) atoms. The van der Waals surface area contributed by atoms with Gasteiger partial charge < -0.3 is 4.74 Å². The molecule has 0 bridgehead atoms. The van der Waals surface area contributed by atoms with Crippen molar-refractivity contribution in [1.29, 1.82) is 5.26 Å². The molecule has 2 aromatic carbocycles. The minimum Gasteiger partial charge on any atom is -0.480 e. The Kier molecular flexibility index (Phi) is 5.09. The lowest BCUT2D eigenvalue weighted by Gasteiger charge is -2.23. The van der Waals surface area contributed by atoms with Gasteiger partial charge in [0.1, 0.15) is 23.3 Å². The van der Waals surface area contributed by atoms with Gasteiger partial charge in [-0.2, -0.15) is 5.26 Å².